The first-order chi connectivity index (χ1) is 14.6. The number of hydrogen-bond acceptors (Lipinski definition) is 8. The summed E-state index contributed by atoms with van der Waals surface area (Å²) in [5.41, 5.74) is 6.44. The fraction of sp³-hybridized carbons (Fsp3) is 0.211. The Bertz CT molecular complexity index is 1180. The number of benzene rings is 2. The zero-order valence-electron chi connectivity index (χ0n) is 16.3. The quantitative estimate of drug-likeness (QED) is 0.229. The molecule has 1 heterocycles. The first kappa shape index (κ1) is 21.9. The smallest absolute Gasteiger partial charge is 0.358 e. The number of carbonyl (C=O) groups excluding carboxylic acids is 2. The number of nitrogens with zero attached hydrogens (tertiary/aromatic N) is 3. The molecule has 0 radical (unpaired) electrons. The monoisotopic (exact) mass is 446 g/mol. The van der Waals surface area contributed by atoms with Gasteiger partial charge in [0.15, 0.2) is 5.84 Å². The van der Waals surface area contributed by atoms with Gasteiger partial charge in [0.05, 0.1) is 9.82 Å². The number of carbonyl (C=O) groups is 2. The number of oxime groups is 1. The average molecular weight is 446 g/mol. The molecule has 0 aliphatic carbocycles. The molecule has 1 saturated heterocycles. The van der Waals surface area contributed by atoms with Crippen molar-refractivity contribution >= 4 is 33.4 Å². The fourth-order valence-electron chi connectivity index (χ4n) is 2.99. The molecule has 2 aromatic carbocycles. The predicted molar refractivity (Wildman–Crippen MR) is 108 cm³/mol. The van der Waals surface area contributed by atoms with E-state index in [2.05, 4.69) is 5.16 Å². The topological polar surface area (TPSA) is 162 Å². The zero-order valence-corrected chi connectivity index (χ0v) is 17.1. The molecule has 0 bridgehead atoms. The van der Waals surface area contributed by atoms with Gasteiger partial charge >= 0.3 is 5.97 Å². The summed E-state index contributed by atoms with van der Waals surface area (Å²) in [5, 5.41) is 14.3. The summed E-state index contributed by atoms with van der Waals surface area (Å²) in [5.74, 6) is -2.15. The summed E-state index contributed by atoms with van der Waals surface area (Å²) in [6, 6.07) is 9.63. The van der Waals surface area contributed by atoms with Crippen LogP contribution in [0.1, 0.15) is 24.0 Å². The Labute approximate surface area is 177 Å². The van der Waals surface area contributed by atoms with Crippen LogP contribution < -0.4 is 5.73 Å². The molecule has 2 N–H and O–H groups in total. The fourth-order valence-corrected chi connectivity index (χ4v) is 4.58. The highest BCUT2D eigenvalue weighted by Crippen LogP contribution is 2.28. The Kier molecular flexibility index (Phi) is 6.02. The number of nitro groups is 1. The van der Waals surface area contributed by atoms with Gasteiger partial charge in [-0.05, 0) is 25.5 Å². The lowest BCUT2D eigenvalue weighted by atomic mass is 10.2. The SMILES string of the molecule is Cc1ccc(S(=O)(=O)N2C(=O)CC[C@H]2C(=O)O/N=C(/N)c2cccc([N+](=O)[O-])c2)cc1. The molecule has 1 amide bonds. The highest BCUT2D eigenvalue weighted by molar-refractivity contribution is 7.89. The van der Waals surface area contributed by atoms with Crippen molar-refractivity contribution in [2.24, 2.45) is 10.9 Å². The predicted octanol–water partition coefficient (Wildman–Crippen LogP) is 1.45. The van der Waals surface area contributed by atoms with Crippen molar-refractivity contribution < 1.29 is 27.8 Å². The molecule has 0 unspecified atom stereocenters. The molecular weight excluding hydrogens is 428 g/mol. The van der Waals surface area contributed by atoms with Gasteiger partial charge < -0.3 is 10.6 Å². The molecule has 1 fully saturated rings. The summed E-state index contributed by atoms with van der Waals surface area (Å²) in [4.78, 5) is 39.6. The van der Waals surface area contributed by atoms with Crippen LogP contribution in [-0.2, 0) is 24.4 Å². The Hall–Kier alpha value is -3.80. The maximum atomic E-state index is 12.9. The van der Waals surface area contributed by atoms with E-state index in [1.165, 1.54) is 30.3 Å². The molecule has 162 valence electrons. The summed E-state index contributed by atoms with van der Waals surface area (Å²) >= 11 is 0. The molecule has 3 rings (SSSR count). The Morgan fingerprint density at radius 2 is 1.94 bits per heavy atom. The number of amidine groups is 1. The van der Waals surface area contributed by atoms with Crippen LogP contribution in [0.3, 0.4) is 0 Å². The second-order valence-corrected chi connectivity index (χ2v) is 8.57. The zero-order chi connectivity index (χ0) is 22.8. The van der Waals surface area contributed by atoms with Gasteiger partial charge in [-0.1, -0.05) is 35.0 Å². The van der Waals surface area contributed by atoms with Gasteiger partial charge in [0, 0.05) is 24.1 Å². The molecule has 31 heavy (non-hydrogen) atoms. The van der Waals surface area contributed by atoms with Gasteiger partial charge in [-0.15, -0.1) is 0 Å². The van der Waals surface area contributed by atoms with E-state index in [-0.39, 0.29) is 34.8 Å². The van der Waals surface area contributed by atoms with Crippen LogP contribution in [-0.4, -0.2) is 41.4 Å². The van der Waals surface area contributed by atoms with Gasteiger partial charge in [0.2, 0.25) is 5.91 Å². The number of sulfonamides is 1. The van der Waals surface area contributed by atoms with E-state index in [1.54, 1.807) is 19.1 Å². The molecule has 11 nitrogen and oxygen atoms in total. The first-order valence-corrected chi connectivity index (χ1v) is 10.5. The van der Waals surface area contributed by atoms with E-state index in [0.29, 0.717) is 4.31 Å². The number of nitrogens with two attached hydrogens (primary N) is 1. The molecular formula is C19H18N4O7S. The van der Waals surface area contributed by atoms with Gasteiger partial charge in [0.1, 0.15) is 6.04 Å². The Morgan fingerprint density at radius 3 is 2.58 bits per heavy atom. The normalized spacial score (nSPS) is 16.9. The maximum Gasteiger partial charge on any atom is 0.358 e. The van der Waals surface area contributed by atoms with Gasteiger partial charge in [-0.25, -0.2) is 17.5 Å². The molecule has 1 atom stereocenters. The van der Waals surface area contributed by atoms with Crippen molar-refractivity contribution in [2.45, 2.75) is 30.7 Å². The third-order valence-electron chi connectivity index (χ3n) is 4.60. The molecule has 2 aromatic rings. The van der Waals surface area contributed by atoms with Crippen molar-refractivity contribution in [3.63, 3.8) is 0 Å². The van der Waals surface area contributed by atoms with Gasteiger partial charge in [0.25, 0.3) is 15.7 Å². The lowest BCUT2D eigenvalue weighted by Crippen LogP contribution is -2.43. The Morgan fingerprint density at radius 1 is 1.26 bits per heavy atom. The van der Waals surface area contributed by atoms with Gasteiger partial charge in [-0.2, -0.15) is 0 Å². The summed E-state index contributed by atoms with van der Waals surface area (Å²) in [7, 11) is -4.28. The van der Waals surface area contributed by atoms with E-state index < -0.39 is 32.9 Å². The molecule has 1 aliphatic heterocycles. The van der Waals surface area contributed by atoms with Crippen molar-refractivity contribution in [1.29, 1.82) is 0 Å². The van der Waals surface area contributed by atoms with Crippen molar-refractivity contribution in [1.82, 2.24) is 4.31 Å². The van der Waals surface area contributed by atoms with Crippen LogP contribution in [0.4, 0.5) is 5.69 Å². The standard InChI is InChI=1S/C19H18N4O7S/c1-12-5-7-15(8-6-12)31(28,29)22-16(9-10-17(22)24)19(25)30-21-18(20)13-3-2-4-14(11-13)23(26)27/h2-8,11,16H,9-10H2,1H3,(H2,20,21)/t16-/m0/s1. The minimum Gasteiger partial charge on any atom is -0.380 e. The van der Waals surface area contributed by atoms with Crippen molar-refractivity contribution in [2.75, 3.05) is 0 Å². The van der Waals surface area contributed by atoms with Crippen molar-refractivity contribution in [3.05, 3.63) is 69.8 Å². The molecule has 12 heteroatoms. The van der Waals surface area contributed by atoms with Crippen LogP contribution in [0.25, 0.3) is 0 Å². The molecule has 0 saturated carbocycles. The lowest BCUT2D eigenvalue weighted by molar-refractivity contribution is -0.384. The van der Waals surface area contributed by atoms with E-state index in [1.807, 2.05) is 0 Å². The van der Waals surface area contributed by atoms with Crippen LogP contribution >= 0.6 is 0 Å². The average Bonchev–Trinajstić information content (AvgIpc) is 3.14. The molecule has 1 aliphatic rings. The number of rotatable bonds is 6. The van der Waals surface area contributed by atoms with Crippen LogP contribution in [0, 0.1) is 17.0 Å². The van der Waals surface area contributed by atoms with Gasteiger partial charge in [-0.3, -0.25) is 14.9 Å². The maximum absolute atomic E-state index is 12.9. The number of nitro benzene ring substituents is 1. The van der Waals surface area contributed by atoms with Crippen LogP contribution in [0.5, 0.6) is 0 Å². The highest BCUT2D eigenvalue weighted by atomic mass is 32.2. The third-order valence-corrected chi connectivity index (χ3v) is 6.44. The number of non-ortho nitro benzene ring substituents is 1. The van der Waals surface area contributed by atoms with Crippen LogP contribution in [0.2, 0.25) is 0 Å². The first-order valence-electron chi connectivity index (χ1n) is 9.04. The van der Waals surface area contributed by atoms with E-state index in [9.17, 15) is 28.1 Å². The summed E-state index contributed by atoms with van der Waals surface area (Å²) in [6.45, 7) is 1.78. The van der Waals surface area contributed by atoms with E-state index in [0.717, 1.165) is 11.6 Å². The minimum atomic E-state index is -4.28. The Balaban J connectivity index is 1.81. The second-order valence-electron chi connectivity index (χ2n) is 6.76. The number of hydrogen-bond donors (Lipinski definition) is 1. The second kappa shape index (κ2) is 8.52. The van der Waals surface area contributed by atoms with Crippen LogP contribution in [0.15, 0.2) is 58.6 Å². The van der Waals surface area contributed by atoms with E-state index >= 15 is 0 Å². The summed E-state index contributed by atoms with van der Waals surface area (Å²) in [6.07, 6.45) is -0.232. The summed E-state index contributed by atoms with van der Waals surface area (Å²) < 4.78 is 26.3. The van der Waals surface area contributed by atoms with Crippen molar-refractivity contribution in [3.8, 4) is 0 Å². The largest absolute Gasteiger partial charge is 0.380 e. The van der Waals surface area contributed by atoms with E-state index in [4.69, 9.17) is 10.6 Å². The third kappa shape index (κ3) is 4.53. The molecule has 0 aromatic heterocycles. The molecule has 0 spiro atoms. The minimum absolute atomic E-state index is 0.0744. The highest BCUT2D eigenvalue weighted by Gasteiger charge is 2.45. The number of aryl methyl sites for hydroxylation is 1. The lowest BCUT2D eigenvalue weighted by Gasteiger charge is -2.22. The number of amides is 1.